The van der Waals surface area contributed by atoms with E-state index in [1.54, 1.807) is 0 Å². The zero-order chi connectivity index (χ0) is 20.0. The predicted molar refractivity (Wildman–Crippen MR) is 113 cm³/mol. The molecule has 0 aliphatic rings. The van der Waals surface area contributed by atoms with Gasteiger partial charge < -0.3 is 4.74 Å². The van der Waals surface area contributed by atoms with Crippen LogP contribution in [-0.2, 0) is 27.8 Å². The van der Waals surface area contributed by atoms with E-state index in [1.807, 2.05) is 13.8 Å². The lowest BCUT2D eigenvalue weighted by Crippen LogP contribution is -2.35. The molecule has 0 saturated heterocycles. The minimum absolute atomic E-state index is 0.196. The van der Waals surface area contributed by atoms with Crippen LogP contribution in [0.25, 0.3) is 0 Å². The first kappa shape index (κ1) is 21.2. The lowest BCUT2D eigenvalue weighted by atomic mass is 9.75. The molecular weight excluding hydrogens is 332 g/mol. The van der Waals surface area contributed by atoms with E-state index in [0.717, 1.165) is 24.0 Å². The molecule has 0 atom stereocenters. The molecule has 0 radical (unpaired) electrons. The molecule has 2 aromatic rings. The van der Waals surface area contributed by atoms with Crippen molar-refractivity contribution in [3.05, 3.63) is 70.8 Å². The van der Waals surface area contributed by atoms with Crippen LogP contribution in [0.2, 0.25) is 0 Å². The molecule has 0 fully saturated rings. The van der Waals surface area contributed by atoms with Crippen molar-refractivity contribution < 1.29 is 9.53 Å². The Hall–Kier alpha value is -2.09. The molecule has 0 heterocycles. The highest BCUT2D eigenvalue weighted by Gasteiger charge is 2.38. The van der Waals surface area contributed by atoms with Crippen molar-refractivity contribution in [1.82, 2.24) is 0 Å². The van der Waals surface area contributed by atoms with Gasteiger partial charge in [0.15, 0.2) is 0 Å². The quantitative estimate of drug-likeness (QED) is 0.539. The first-order valence-electron chi connectivity index (χ1n) is 10.1. The third kappa shape index (κ3) is 5.22. The molecular formula is C25H34O2. The molecule has 2 rings (SSSR count). The monoisotopic (exact) mass is 366 g/mol. The molecule has 0 bridgehead atoms. The maximum absolute atomic E-state index is 13.0. The fourth-order valence-corrected chi connectivity index (χ4v) is 3.57. The van der Waals surface area contributed by atoms with Crippen molar-refractivity contribution in [3.8, 4) is 0 Å². The fourth-order valence-electron chi connectivity index (χ4n) is 3.57. The Morgan fingerprint density at radius 3 is 1.48 bits per heavy atom. The third-order valence-corrected chi connectivity index (χ3v) is 5.03. The SMILES string of the molecule is CCOC(=O)C(C)(c1ccc(CC(C)C)cc1)c1ccc(CC(C)C)cc1. The number of benzene rings is 2. The summed E-state index contributed by atoms with van der Waals surface area (Å²) >= 11 is 0. The number of rotatable bonds is 8. The summed E-state index contributed by atoms with van der Waals surface area (Å²) in [5.74, 6) is 1.03. The highest BCUT2D eigenvalue weighted by molar-refractivity contribution is 5.87. The molecule has 0 aliphatic carbocycles. The molecule has 146 valence electrons. The minimum atomic E-state index is -0.803. The molecule has 2 heteroatoms. The molecule has 27 heavy (non-hydrogen) atoms. The van der Waals surface area contributed by atoms with E-state index in [9.17, 15) is 4.79 Å². The first-order valence-corrected chi connectivity index (χ1v) is 10.1. The van der Waals surface area contributed by atoms with E-state index in [-0.39, 0.29) is 5.97 Å². The largest absolute Gasteiger partial charge is 0.465 e. The summed E-state index contributed by atoms with van der Waals surface area (Å²) < 4.78 is 5.47. The molecule has 2 nitrogen and oxygen atoms in total. The Balaban J connectivity index is 2.41. The van der Waals surface area contributed by atoms with Crippen LogP contribution in [-0.4, -0.2) is 12.6 Å². The number of carbonyl (C=O) groups excluding carboxylic acids is 1. The Morgan fingerprint density at radius 2 is 1.19 bits per heavy atom. The number of hydrogen-bond acceptors (Lipinski definition) is 2. The van der Waals surface area contributed by atoms with Crippen LogP contribution in [0.1, 0.15) is 63.8 Å². The van der Waals surface area contributed by atoms with Crippen LogP contribution in [0.15, 0.2) is 48.5 Å². The van der Waals surface area contributed by atoms with Gasteiger partial charge in [-0.25, -0.2) is 0 Å². The summed E-state index contributed by atoms with van der Waals surface area (Å²) in [6, 6.07) is 16.9. The molecule has 0 unspecified atom stereocenters. The molecule has 2 aromatic carbocycles. The van der Waals surface area contributed by atoms with Gasteiger partial charge in [-0.2, -0.15) is 0 Å². The Kier molecular flexibility index (Phi) is 7.24. The molecule has 0 spiro atoms. The first-order chi connectivity index (χ1) is 12.8. The van der Waals surface area contributed by atoms with Crippen LogP contribution in [0.3, 0.4) is 0 Å². The number of carbonyl (C=O) groups is 1. The Labute approximate surface area is 165 Å². The van der Waals surface area contributed by atoms with E-state index in [0.29, 0.717) is 18.4 Å². The van der Waals surface area contributed by atoms with E-state index in [1.165, 1.54) is 11.1 Å². The Bertz CT molecular complexity index is 670. The second-order valence-corrected chi connectivity index (χ2v) is 8.44. The van der Waals surface area contributed by atoms with Gasteiger partial charge in [-0.05, 0) is 60.8 Å². The second-order valence-electron chi connectivity index (χ2n) is 8.44. The summed E-state index contributed by atoms with van der Waals surface area (Å²) in [7, 11) is 0. The molecule has 0 saturated carbocycles. The average molecular weight is 367 g/mol. The van der Waals surface area contributed by atoms with Crippen LogP contribution < -0.4 is 0 Å². The van der Waals surface area contributed by atoms with Gasteiger partial charge in [0.1, 0.15) is 5.41 Å². The summed E-state index contributed by atoms with van der Waals surface area (Å²) in [6.45, 7) is 13.1. The van der Waals surface area contributed by atoms with Crippen molar-refractivity contribution in [2.45, 2.75) is 59.8 Å². The summed E-state index contributed by atoms with van der Waals surface area (Å²) in [4.78, 5) is 13.0. The third-order valence-electron chi connectivity index (χ3n) is 5.03. The number of esters is 1. The van der Waals surface area contributed by atoms with Gasteiger partial charge in [-0.1, -0.05) is 76.2 Å². The average Bonchev–Trinajstić information content (AvgIpc) is 2.61. The van der Waals surface area contributed by atoms with Crippen LogP contribution in [0.5, 0.6) is 0 Å². The lowest BCUT2D eigenvalue weighted by Gasteiger charge is -2.29. The second kappa shape index (κ2) is 9.21. The van der Waals surface area contributed by atoms with Gasteiger partial charge in [0, 0.05) is 0 Å². The number of ether oxygens (including phenoxy) is 1. The standard InChI is InChI=1S/C25H34O2/c1-7-27-24(26)25(6,22-12-8-20(9-13-22)16-18(2)3)23-14-10-21(11-15-23)17-19(4)5/h8-15,18-19H,7,16-17H2,1-6H3. The minimum Gasteiger partial charge on any atom is -0.465 e. The van der Waals surface area contributed by atoms with Gasteiger partial charge in [-0.3, -0.25) is 4.79 Å². The van der Waals surface area contributed by atoms with E-state index in [4.69, 9.17) is 4.74 Å². The van der Waals surface area contributed by atoms with Crippen molar-refractivity contribution in [1.29, 1.82) is 0 Å². The van der Waals surface area contributed by atoms with E-state index in [2.05, 4.69) is 76.2 Å². The Morgan fingerprint density at radius 1 is 0.815 bits per heavy atom. The zero-order valence-electron chi connectivity index (χ0n) is 17.7. The topological polar surface area (TPSA) is 26.3 Å². The smallest absolute Gasteiger partial charge is 0.320 e. The summed E-state index contributed by atoms with van der Waals surface area (Å²) in [5, 5.41) is 0. The fraction of sp³-hybridized carbons (Fsp3) is 0.480. The molecule has 0 N–H and O–H groups in total. The summed E-state index contributed by atoms with van der Waals surface area (Å²) in [5.41, 5.74) is 3.75. The van der Waals surface area contributed by atoms with Crippen molar-refractivity contribution in [2.75, 3.05) is 6.61 Å². The van der Waals surface area contributed by atoms with Gasteiger partial charge in [0.2, 0.25) is 0 Å². The maximum atomic E-state index is 13.0. The normalized spacial score (nSPS) is 11.9. The predicted octanol–water partition coefficient (Wildman–Crippen LogP) is 5.95. The lowest BCUT2D eigenvalue weighted by molar-refractivity contribution is -0.147. The molecule has 0 aliphatic heterocycles. The molecule has 0 amide bonds. The molecule has 0 aromatic heterocycles. The van der Waals surface area contributed by atoms with Crippen molar-refractivity contribution in [2.24, 2.45) is 11.8 Å². The highest BCUT2D eigenvalue weighted by atomic mass is 16.5. The van der Waals surface area contributed by atoms with Crippen molar-refractivity contribution in [3.63, 3.8) is 0 Å². The van der Waals surface area contributed by atoms with E-state index < -0.39 is 5.41 Å². The maximum Gasteiger partial charge on any atom is 0.320 e. The zero-order valence-corrected chi connectivity index (χ0v) is 17.7. The summed E-state index contributed by atoms with van der Waals surface area (Å²) in [6.07, 6.45) is 2.08. The van der Waals surface area contributed by atoms with Gasteiger partial charge in [0.05, 0.1) is 6.61 Å². The van der Waals surface area contributed by atoms with Crippen molar-refractivity contribution >= 4 is 5.97 Å². The van der Waals surface area contributed by atoms with Gasteiger partial charge >= 0.3 is 5.97 Å². The van der Waals surface area contributed by atoms with Gasteiger partial charge in [0.25, 0.3) is 0 Å². The van der Waals surface area contributed by atoms with Gasteiger partial charge in [-0.15, -0.1) is 0 Å². The van der Waals surface area contributed by atoms with Crippen LogP contribution in [0.4, 0.5) is 0 Å². The highest BCUT2D eigenvalue weighted by Crippen LogP contribution is 2.34. The van der Waals surface area contributed by atoms with E-state index >= 15 is 0 Å². The number of hydrogen-bond donors (Lipinski definition) is 0. The van der Waals surface area contributed by atoms with Crippen LogP contribution in [0, 0.1) is 11.8 Å². The van der Waals surface area contributed by atoms with Crippen LogP contribution >= 0.6 is 0 Å².